The lowest BCUT2D eigenvalue weighted by Crippen LogP contribution is -2.48. The number of nitrogens with zero attached hydrogens (tertiary/aromatic N) is 2. The van der Waals surface area contributed by atoms with E-state index in [1.54, 1.807) is 0 Å². The first-order valence-corrected chi connectivity index (χ1v) is 8.26. The molecule has 2 atom stereocenters. The standard InChI is InChI=1S/C20H22N2O2/c21-11-19-13-22(12-17-7-3-1-4-8-17)14-20(24-19)16-23-15-18-9-5-2-6-10-18/h1-10,19-20H,12-16H2/t19-,20+/m1/s1. The molecule has 1 aliphatic heterocycles. The Labute approximate surface area is 143 Å². The molecule has 0 unspecified atom stereocenters. The summed E-state index contributed by atoms with van der Waals surface area (Å²) in [4.78, 5) is 2.27. The van der Waals surface area contributed by atoms with Gasteiger partial charge in [-0.05, 0) is 11.1 Å². The molecule has 2 aromatic rings. The van der Waals surface area contributed by atoms with E-state index < -0.39 is 6.10 Å². The second-order valence-electron chi connectivity index (χ2n) is 6.06. The summed E-state index contributed by atoms with van der Waals surface area (Å²) >= 11 is 0. The quantitative estimate of drug-likeness (QED) is 0.820. The summed E-state index contributed by atoms with van der Waals surface area (Å²) in [5.74, 6) is 0. The van der Waals surface area contributed by atoms with Gasteiger partial charge in [0.25, 0.3) is 0 Å². The Morgan fingerprint density at radius 1 is 1.00 bits per heavy atom. The molecular weight excluding hydrogens is 300 g/mol. The van der Waals surface area contributed by atoms with Crippen LogP contribution in [0.1, 0.15) is 11.1 Å². The molecule has 0 N–H and O–H groups in total. The van der Waals surface area contributed by atoms with Gasteiger partial charge in [0.1, 0.15) is 0 Å². The van der Waals surface area contributed by atoms with Crippen molar-refractivity contribution in [3.8, 4) is 6.07 Å². The summed E-state index contributed by atoms with van der Waals surface area (Å²) in [6.07, 6.45) is -0.469. The third-order valence-corrected chi connectivity index (χ3v) is 4.05. The molecule has 0 saturated carbocycles. The van der Waals surface area contributed by atoms with Crippen molar-refractivity contribution < 1.29 is 9.47 Å². The minimum Gasteiger partial charge on any atom is -0.374 e. The Morgan fingerprint density at radius 2 is 1.67 bits per heavy atom. The van der Waals surface area contributed by atoms with Crippen molar-refractivity contribution in [2.75, 3.05) is 19.7 Å². The number of morpholine rings is 1. The summed E-state index contributed by atoms with van der Waals surface area (Å²) in [6.45, 7) is 3.31. The van der Waals surface area contributed by atoms with Gasteiger partial charge in [0.2, 0.25) is 0 Å². The number of rotatable bonds is 6. The van der Waals surface area contributed by atoms with E-state index >= 15 is 0 Å². The van der Waals surface area contributed by atoms with Crippen molar-refractivity contribution in [1.29, 1.82) is 5.26 Å². The number of hydrogen-bond acceptors (Lipinski definition) is 4. The Bertz CT molecular complexity index is 654. The number of benzene rings is 2. The average molecular weight is 322 g/mol. The zero-order valence-electron chi connectivity index (χ0n) is 13.7. The van der Waals surface area contributed by atoms with Gasteiger partial charge < -0.3 is 9.47 Å². The van der Waals surface area contributed by atoms with Crippen LogP contribution in [0.2, 0.25) is 0 Å². The van der Waals surface area contributed by atoms with Crippen LogP contribution in [-0.2, 0) is 22.6 Å². The number of hydrogen-bond donors (Lipinski definition) is 0. The maximum atomic E-state index is 9.25. The Kier molecular flexibility index (Phi) is 5.97. The lowest BCUT2D eigenvalue weighted by Gasteiger charge is -2.35. The maximum Gasteiger partial charge on any atom is 0.157 e. The van der Waals surface area contributed by atoms with Crippen LogP contribution in [0.4, 0.5) is 0 Å². The first-order chi connectivity index (χ1) is 11.8. The molecule has 0 aliphatic carbocycles. The largest absolute Gasteiger partial charge is 0.374 e. The van der Waals surface area contributed by atoms with E-state index in [0.29, 0.717) is 19.8 Å². The zero-order valence-corrected chi connectivity index (χ0v) is 13.7. The van der Waals surface area contributed by atoms with Gasteiger partial charge in [-0.25, -0.2) is 0 Å². The summed E-state index contributed by atoms with van der Waals surface area (Å²) in [7, 11) is 0. The van der Waals surface area contributed by atoms with E-state index in [0.717, 1.165) is 18.7 Å². The van der Waals surface area contributed by atoms with E-state index in [1.807, 2.05) is 48.5 Å². The van der Waals surface area contributed by atoms with Crippen LogP contribution < -0.4 is 0 Å². The lowest BCUT2D eigenvalue weighted by atomic mass is 10.1. The summed E-state index contributed by atoms with van der Waals surface area (Å²) in [6, 6.07) is 22.6. The lowest BCUT2D eigenvalue weighted by molar-refractivity contribution is -0.0982. The molecule has 3 rings (SSSR count). The zero-order chi connectivity index (χ0) is 16.6. The van der Waals surface area contributed by atoms with Gasteiger partial charge in [-0.1, -0.05) is 60.7 Å². The highest BCUT2D eigenvalue weighted by Gasteiger charge is 2.27. The summed E-state index contributed by atoms with van der Waals surface area (Å²) in [5.41, 5.74) is 2.39. The molecule has 4 nitrogen and oxygen atoms in total. The van der Waals surface area contributed by atoms with Crippen molar-refractivity contribution in [2.45, 2.75) is 25.4 Å². The smallest absolute Gasteiger partial charge is 0.157 e. The summed E-state index contributed by atoms with van der Waals surface area (Å²) < 4.78 is 11.6. The van der Waals surface area contributed by atoms with Crippen molar-refractivity contribution in [2.24, 2.45) is 0 Å². The fourth-order valence-corrected chi connectivity index (χ4v) is 2.93. The molecule has 1 aliphatic rings. The normalized spacial score (nSPS) is 21.3. The van der Waals surface area contributed by atoms with Crippen LogP contribution in [-0.4, -0.2) is 36.8 Å². The topological polar surface area (TPSA) is 45.5 Å². The molecule has 0 radical (unpaired) electrons. The van der Waals surface area contributed by atoms with Gasteiger partial charge in [-0.15, -0.1) is 0 Å². The minimum atomic E-state index is -0.396. The fourth-order valence-electron chi connectivity index (χ4n) is 2.93. The van der Waals surface area contributed by atoms with E-state index in [-0.39, 0.29) is 6.10 Å². The molecule has 0 amide bonds. The second kappa shape index (κ2) is 8.60. The molecular formula is C20H22N2O2. The minimum absolute atomic E-state index is 0.0733. The van der Waals surface area contributed by atoms with Crippen LogP contribution in [0.5, 0.6) is 0 Å². The van der Waals surface area contributed by atoms with Crippen LogP contribution in [0.15, 0.2) is 60.7 Å². The molecule has 0 spiro atoms. The maximum absolute atomic E-state index is 9.25. The van der Waals surface area contributed by atoms with Crippen molar-refractivity contribution >= 4 is 0 Å². The van der Waals surface area contributed by atoms with Crippen molar-refractivity contribution in [3.63, 3.8) is 0 Å². The van der Waals surface area contributed by atoms with E-state index in [2.05, 4.69) is 23.1 Å². The van der Waals surface area contributed by atoms with Gasteiger partial charge >= 0.3 is 0 Å². The molecule has 0 aromatic heterocycles. The highest BCUT2D eigenvalue weighted by atomic mass is 16.5. The first-order valence-electron chi connectivity index (χ1n) is 8.26. The fraction of sp³-hybridized carbons (Fsp3) is 0.350. The summed E-state index contributed by atoms with van der Waals surface area (Å²) in [5, 5.41) is 9.25. The number of ether oxygens (including phenoxy) is 2. The van der Waals surface area contributed by atoms with Crippen molar-refractivity contribution in [1.82, 2.24) is 4.90 Å². The third kappa shape index (κ3) is 4.90. The Morgan fingerprint density at radius 3 is 2.33 bits per heavy atom. The van der Waals surface area contributed by atoms with E-state index in [9.17, 15) is 5.26 Å². The molecule has 124 valence electrons. The highest BCUT2D eigenvalue weighted by Crippen LogP contribution is 2.15. The van der Waals surface area contributed by atoms with E-state index in [4.69, 9.17) is 9.47 Å². The van der Waals surface area contributed by atoms with E-state index in [1.165, 1.54) is 5.56 Å². The monoisotopic (exact) mass is 322 g/mol. The SMILES string of the molecule is N#C[C@@H]1CN(Cc2ccccc2)C[C@@H](COCc2ccccc2)O1. The van der Waals surface area contributed by atoms with Gasteiger partial charge in [0.05, 0.1) is 25.4 Å². The Hall–Kier alpha value is -2.19. The van der Waals surface area contributed by atoms with Crippen molar-refractivity contribution in [3.05, 3.63) is 71.8 Å². The molecule has 1 heterocycles. The van der Waals surface area contributed by atoms with Crippen LogP contribution in [0, 0.1) is 11.3 Å². The first kappa shape index (κ1) is 16.7. The van der Waals surface area contributed by atoms with Gasteiger partial charge in [-0.2, -0.15) is 5.26 Å². The Balaban J connectivity index is 1.52. The third-order valence-electron chi connectivity index (χ3n) is 4.05. The highest BCUT2D eigenvalue weighted by molar-refractivity contribution is 5.15. The molecule has 0 bridgehead atoms. The van der Waals surface area contributed by atoms with Gasteiger partial charge in [0.15, 0.2) is 6.10 Å². The predicted octanol–water partition coefficient (Wildman–Crippen LogP) is 3.00. The number of nitriles is 1. The van der Waals surface area contributed by atoms with Gasteiger partial charge in [-0.3, -0.25) is 4.90 Å². The molecule has 24 heavy (non-hydrogen) atoms. The molecule has 2 aromatic carbocycles. The second-order valence-corrected chi connectivity index (χ2v) is 6.06. The molecule has 4 heteroatoms. The van der Waals surface area contributed by atoms with Crippen LogP contribution in [0.3, 0.4) is 0 Å². The molecule has 1 saturated heterocycles. The average Bonchev–Trinajstić information content (AvgIpc) is 2.63. The van der Waals surface area contributed by atoms with Crippen LogP contribution in [0.25, 0.3) is 0 Å². The molecule has 1 fully saturated rings. The van der Waals surface area contributed by atoms with Crippen LogP contribution >= 0.6 is 0 Å². The van der Waals surface area contributed by atoms with Gasteiger partial charge in [0, 0.05) is 19.6 Å². The predicted molar refractivity (Wildman–Crippen MR) is 92.1 cm³/mol.